The van der Waals surface area contributed by atoms with Gasteiger partial charge in [-0.15, -0.1) is 11.3 Å². The Bertz CT molecular complexity index is 1150. The zero-order chi connectivity index (χ0) is 24.3. The molecule has 3 heterocycles. The monoisotopic (exact) mass is 525 g/mol. The van der Waals surface area contributed by atoms with Gasteiger partial charge in [0.25, 0.3) is 0 Å². The highest BCUT2D eigenvalue weighted by molar-refractivity contribution is 7.92. The number of sulfone groups is 1. The number of halogens is 1. The summed E-state index contributed by atoms with van der Waals surface area (Å²) in [6.45, 7) is 1.87. The molecule has 0 saturated carbocycles. The van der Waals surface area contributed by atoms with E-state index in [-0.39, 0.29) is 37.1 Å². The first-order chi connectivity index (χ1) is 16.3. The van der Waals surface area contributed by atoms with Crippen molar-refractivity contribution in [1.29, 1.82) is 0 Å². The maximum atomic E-state index is 13.7. The molecule has 2 aromatic rings. The van der Waals surface area contributed by atoms with Crippen LogP contribution in [-0.4, -0.2) is 62.3 Å². The quantitative estimate of drug-likeness (QED) is 0.408. The molecule has 0 spiro atoms. The Morgan fingerprint density at radius 1 is 1.15 bits per heavy atom. The normalized spacial score (nSPS) is 23.3. The maximum Gasteiger partial charge on any atom is 0.245 e. The third-order valence-electron chi connectivity index (χ3n) is 6.77. The summed E-state index contributed by atoms with van der Waals surface area (Å²) in [6.07, 6.45) is 1.13. The van der Waals surface area contributed by atoms with Crippen LogP contribution < -0.4 is 10.8 Å². The Hall–Kier alpha value is -1.98. The van der Waals surface area contributed by atoms with Crippen molar-refractivity contribution in [2.75, 3.05) is 31.9 Å². The van der Waals surface area contributed by atoms with Crippen molar-refractivity contribution in [2.24, 2.45) is 5.92 Å². The summed E-state index contributed by atoms with van der Waals surface area (Å²) in [5.74, 6) is -1.15. The van der Waals surface area contributed by atoms with Gasteiger partial charge in [-0.3, -0.25) is 14.8 Å². The summed E-state index contributed by atoms with van der Waals surface area (Å²) < 4.78 is 25.9. The molecule has 2 saturated heterocycles. The fraction of sp³-hybridized carbons (Fsp3) is 0.478. The van der Waals surface area contributed by atoms with Gasteiger partial charge in [-0.25, -0.2) is 13.9 Å². The summed E-state index contributed by atoms with van der Waals surface area (Å²) in [5.41, 5.74) is 2.48. The summed E-state index contributed by atoms with van der Waals surface area (Å²) in [7, 11) is -3.84. The van der Waals surface area contributed by atoms with E-state index in [1.165, 1.54) is 11.3 Å². The number of carbonyl (C=O) groups is 2. The topological polar surface area (TPSA) is 116 Å². The molecule has 1 aromatic heterocycles. The number of amides is 2. The molecule has 1 atom stereocenters. The molecule has 4 rings (SSSR count). The highest BCUT2D eigenvalue weighted by Crippen LogP contribution is 2.45. The number of piperidine rings is 1. The first kappa shape index (κ1) is 25.1. The van der Waals surface area contributed by atoms with Crippen molar-refractivity contribution in [1.82, 2.24) is 15.7 Å². The molecule has 0 aliphatic carbocycles. The molecule has 1 aromatic carbocycles. The Balaban J connectivity index is 1.68. The van der Waals surface area contributed by atoms with Crippen LogP contribution in [0.25, 0.3) is 10.4 Å². The number of thiophene rings is 1. The summed E-state index contributed by atoms with van der Waals surface area (Å²) in [6, 6.07) is 10.8. The molecule has 2 amide bonds. The fourth-order valence-electron chi connectivity index (χ4n) is 4.77. The van der Waals surface area contributed by atoms with E-state index < -0.39 is 26.9 Å². The van der Waals surface area contributed by atoms with Gasteiger partial charge in [-0.1, -0.05) is 23.7 Å². The highest BCUT2D eigenvalue weighted by atomic mass is 35.5. The van der Waals surface area contributed by atoms with Gasteiger partial charge < -0.3 is 10.2 Å². The van der Waals surface area contributed by atoms with Gasteiger partial charge in [0.15, 0.2) is 9.84 Å². The van der Waals surface area contributed by atoms with Crippen molar-refractivity contribution in [3.63, 3.8) is 0 Å². The zero-order valence-electron chi connectivity index (χ0n) is 18.6. The van der Waals surface area contributed by atoms with Gasteiger partial charge in [0.05, 0.1) is 12.2 Å². The third kappa shape index (κ3) is 5.01. The molecular formula is C23H28ClN3O5S2. The van der Waals surface area contributed by atoms with Crippen molar-refractivity contribution >= 4 is 44.6 Å². The van der Waals surface area contributed by atoms with Gasteiger partial charge in [0, 0.05) is 33.8 Å². The van der Waals surface area contributed by atoms with E-state index in [9.17, 15) is 23.2 Å². The van der Waals surface area contributed by atoms with Crippen LogP contribution in [0.2, 0.25) is 5.02 Å². The average Bonchev–Trinajstić information content (AvgIpc) is 3.29. The fourth-order valence-corrected chi connectivity index (χ4v) is 8.50. The van der Waals surface area contributed by atoms with Crippen molar-refractivity contribution in [3.05, 3.63) is 46.3 Å². The second kappa shape index (κ2) is 10.3. The van der Waals surface area contributed by atoms with E-state index >= 15 is 0 Å². The molecule has 0 bridgehead atoms. The Morgan fingerprint density at radius 3 is 2.53 bits per heavy atom. The Kier molecular flexibility index (Phi) is 7.63. The van der Waals surface area contributed by atoms with Crippen molar-refractivity contribution in [3.8, 4) is 10.4 Å². The molecule has 2 aliphatic rings. The van der Waals surface area contributed by atoms with Crippen LogP contribution in [0.4, 0.5) is 0 Å². The third-order valence-corrected chi connectivity index (χ3v) is 11.0. The molecule has 2 fully saturated rings. The van der Waals surface area contributed by atoms with E-state index in [4.69, 9.17) is 11.6 Å². The molecule has 0 unspecified atom stereocenters. The smallest absolute Gasteiger partial charge is 0.245 e. The molecule has 0 radical (unpaired) electrons. The van der Waals surface area contributed by atoms with Gasteiger partial charge in [-0.05, 0) is 62.2 Å². The summed E-state index contributed by atoms with van der Waals surface area (Å²) in [4.78, 5) is 28.5. The van der Waals surface area contributed by atoms with Crippen LogP contribution in [0.3, 0.4) is 0 Å². The number of hydrogen-bond acceptors (Lipinski definition) is 7. The average molecular weight is 526 g/mol. The van der Waals surface area contributed by atoms with Crippen LogP contribution in [-0.2, 0) is 24.2 Å². The van der Waals surface area contributed by atoms with Crippen molar-refractivity contribution in [2.45, 2.75) is 30.4 Å². The van der Waals surface area contributed by atoms with Crippen LogP contribution >= 0.6 is 22.9 Å². The molecule has 8 nitrogen and oxygen atoms in total. The minimum atomic E-state index is -3.84. The first-order valence-electron chi connectivity index (χ1n) is 11.3. The van der Waals surface area contributed by atoms with Gasteiger partial charge in [0.2, 0.25) is 11.8 Å². The van der Waals surface area contributed by atoms with E-state index in [0.717, 1.165) is 36.4 Å². The van der Waals surface area contributed by atoms with Crippen LogP contribution in [0.15, 0.2) is 36.4 Å². The minimum absolute atomic E-state index is 0.0212. The molecular weight excluding hydrogens is 498 g/mol. The van der Waals surface area contributed by atoms with Crippen molar-refractivity contribution < 1.29 is 23.2 Å². The van der Waals surface area contributed by atoms with E-state index in [1.54, 1.807) is 28.6 Å². The zero-order valence-corrected chi connectivity index (χ0v) is 21.0. The number of rotatable bonds is 5. The molecule has 11 heteroatoms. The lowest BCUT2D eigenvalue weighted by Gasteiger charge is -2.31. The van der Waals surface area contributed by atoms with Gasteiger partial charge in [-0.2, -0.15) is 0 Å². The van der Waals surface area contributed by atoms with Gasteiger partial charge in [0.1, 0.15) is 4.75 Å². The first-order valence-corrected chi connectivity index (χ1v) is 14.1. The summed E-state index contributed by atoms with van der Waals surface area (Å²) >= 11 is 7.30. The SMILES string of the molecule is O=C(C[C@]1(c2ccc(-c3ccc(Cl)cc3)s2)CCN(C(=O)C2CCNCC2)CCS1(=O)=O)NO. The lowest BCUT2D eigenvalue weighted by atomic mass is 9.94. The number of hydroxylamine groups is 1. The van der Waals surface area contributed by atoms with Gasteiger partial charge >= 0.3 is 0 Å². The second-order valence-corrected chi connectivity index (χ2v) is 12.7. The largest absolute Gasteiger partial charge is 0.341 e. The van der Waals surface area contributed by atoms with Crippen LogP contribution in [0, 0.1) is 5.92 Å². The minimum Gasteiger partial charge on any atom is -0.341 e. The number of nitrogens with zero attached hydrogens (tertiary/aromatic N) is 1. The number of hydrogen-bond donors (Lipinski definition) is 3. The lowest BCUT2D eigenvalue weighted by molar-refractivity contribution is -0.136. The summed E-state index contributed by atoms with van der Waals surface area (Å²) in [5, 5.41) is 13.1. The number of carbonyl (C=O) groups excluding carboxylic acids is 2. The molecule has 2 aliphatic heterocycles. The number of benzene rings is 1. The molecule has 184 valence electrons. The molecule has 3 N–H and O–H groups in total. The second-order valence-electron chi connectivity index (χ2n) is 8.80. The van der Waals surface area contributed by atoms with E-state index in [1.807, 2.05) is 18.2 Å². The lowest BCUT2D eigenvalue weighted by Crippen LogP contribution is -2.42. The Labute approximate surface area is 208 Å². The molecule has 34 heavy (non-hydrogen) atoms. The highest BCUT2D eigenvalue weighted by Gasteiger charge is 2.50. The van der Waals surface area contributed by atoms with E-state index in [0.29, 0.717) is 9.90 Å². The van der Waals surface area contributed by atoms with Crippen LogP contribution in [0.1, 0.15) is 30.6 Å². The number of nitrogens with one attached hydrogen (secondary N) is 2. The van der Waals surface area contributed by atoms with E-state index in [2.05, 4.69) is 5.32 Å². The maximum absolute atomic E-state index is 13.7. The Morgan fingerprint density at radius 2 is 1.85 bits per heavy atom. The predicted molar refractivity (Wildman–Crippen MR) is 132 cm³/mol. The predicted octanol–water partition coefficient (Wildman–Crippen LogP) is 2.81. The standard InChI is InChI=1S/C23H28ClN3O5S2/c24-18-3-1-16(2-4-18)19-5-6-20(33-19)23(15-21(28)26-30)9-12-27(13-14-34(23,31)32)22(29)17-7-10-25-11-8-17/h1-6,17,25,30H,7-15H2,(H,26,28)/t23-/m0/s1. The van der Waals surface area contributed by atoms with Crippen LogP contribution in [0.5, 0.6) is 0 Å².